The van der Waals surface area contributed by atoms with Crippen LogP contribution in [0.25, 0.3) is 0 Å². The van der Waals surface area contributed by atoms with E-state index in [0.717, 1.165) is 29.7 Å². The lowest BCUT2D eigenvalue weighted by molar-refractivity contribution is -0.119. The predicted octanol–water partition coefficient (Wildman–Crippen LogP) is 2.18. The maximum Gasteiger partial charge on any atom is 0.228 e. The number of anilines is 1. The summed E-state index contributed by atoms with van der Waals surface area (Å²) in [5.74, 6) is -0.466. The molecule has 2 rings (SSSR count). The lowest BCUT2D eigenvalue weighted by Gasteiger charge is -2.16. The van der Waals surface area contributed by atoms with Crippen LogP contribution in [0.3, 0.4) is 0 Å². The highest BCUT2D eigenvalue weighted by atomic mass is 32.2. The second-order valence-electron chi connectivity index (χ2n) is 5.25. The van der Waals surface area contributed by atoms with E-state index < -0.39 is 15.8 Å². The quantitative estimate of drug-likeness (QED) is 0.926. The topological polar surface area (TPSA) is 63.2 Å². The molecule has 5 heteroatoms. The van der Waals surface area contributed by atoms with Gasteiger partial charge in [-0.1, -0.05) is 32.0 Å². The molecule has 1 amide bonds. The van der Waals surface area contributed by atoms with Crippen LogP contribution in [0.1, 0.15) is 31.4 Å². The molecule has 0 bridgehead atoms. The summed E-state index contributed by atoms with van der Waals surface area (Å²) in [4.78, 5) is 12.3. The molecule has 0 spiro atoms. The van der Waals surface area contributed by atoms with E-state index in [1.165, 1.54) is 0 Å². The van der Waals surface area contributed by atoms with Crippen LogP contribution < -0.4 is 5.32 Å². The molecule has 1 aromatic carbocycles. The van der Waals surface area contributed by atoms with Crippen molar-refractivity contribution in [2.45, 2.75) is 33.1 Å². The first-order chi connectivity index (χ1) is 9.46. The minimum absolute atomic E-state index is 0.0193. The van der Waals surface area contributed by atoms with Gasteiger partial charge in [0.05, 0.1) is 17.4 Å². The van der Waals surface area contributed by atoms with E-state index in [0.29, 0.717) is 6.42 Å². The van der Waals surface area contributed by atoms with E-state index in [-0.39, 0.29) is 17.4 Å². The first-order valence-electron chi connectivity index (χ1n) is 7.09. The molecular weight excluding hydrogens is 274 g/mol. The van der Waals surface area contributed by atoms with E-state index in [9.17, 15) is 13.2 Å². The Hall–Kier alpha value is -1.36. The van der Waals surface area contributed by atoms with Crippen LogP contribution in [0.4, 0.5) is 5.69 Å². The summed E-state index contributed by atoms with van der Waals surface area (Å²) >= 11 is 0. The molecule has 0 aromatic heterocycles. The molecule has 1 fully saturated rings. The standard InChI is InChI=1S/C15H21NO3S/c1-3-11-6-5-7-12(4-2)14(11)16-15(17)13-8-9-20(18,19)10-13/h5-7,13H,3-4,8-10H2,1-2H3,(H,16,17). The van der Waals surface area contributed by atoms with Crippen LogP contribution in [0, 0.1) is 5.92 Å². The first kappa shape index (κ1) is 15.0. The van der Waals surface area contributed by atoms with Crippen LogP contribution in [0.5, 0.6) is 0 Å². The molecule has 1 aliphatic heterocycles. The number of rotatable bonds is 4. The maximum absolute atomic E-state index is 12.3. The monoisotopic (exact) mass is 295 g/mol. The molecule has 1 heterocycles. The van der Waals surface area contributed by atoms with Gasteiger partial charge in [-0.25, -0.2) is 8.42 Å². The fourth-order valence-electron chi connectivity index (χ4n) is 2.63. The van der Waals surface area contributed by atoms with Crippen molar-refractivity contribution in [2.75, 3.05) is 16.8 Å². The van der Waals surface area contributed by atoms with Crippen molar-refractivity contribution in [3.8, 4) is 0 Å². The van der Waals surface area contributed by atoms with Gasteiger partial charge in [0.25, 0.3) is 0 Å². The Labute approximate surface area is 120 Å². The highest BCUT2D eigenvalue weighted by molar-refractivity contribution is 7.91. The molecule has 110 valence electrons. The summed E-state index contributed by atoms with van der Waals surface area (Å²) in [7, 11) is -3.02. The van der Waals surface area contributed by atoms with Crippen molar-refractivity contribution in [3.63, 3.8) is 0 Å². The Morgan fingerprint density at radius 2 is 1.85 bits per heavy atom. The number of nitrogens with one attached hydrogen (secondary N) is 1. The highest BCUT2D eigenvalue weighted by Gasteiger charge is 2.33. The van der Waals surface area contributed by atoms with Crippen molar-refractivity contribution in [3.05, 3.63) is 29.3 Å². The Kier molecular flexibility index (Phi) is 4.48. The number of hydrogen-bond donors (Lipinski definition) is 1. The fraction of sp³-hybridized carbons (Fsp3) is 0.533. The van der Waals surface area contributed by atoms with Gasteiger partial charge in [-0.3, -0.25) is 4.79 Å². The molecule has 1 aromatic rings. The van der Waals surface area contributed by atoms with E-state index in [2.05, 4.69) is 5.32 Å². The number of para-hydroxylation sites is 1. The van der Waals surface area contributed by atoms with Crippen molar-refractivity contribution in [2.24, 2.45) is 5.92 Å². The number of benzene rings is 1. The predicted molar refractivity (Wildman–Crippen MR) is 80.6 cm³/mol. The van der Waals surface area contributed by atoms with Gasteiger partial charge in [-0.2, -0.15) is 0 Å². The lowest BCUT2D eigenvalue weighted by Crippen LogP contribution is -2.25. The molecule has 20 heavy (non-hydrogen) atoms. The third-order valence-electron chi connectivity index (χ3n) is 3.85. The maximum atomic E-state index is 12.3. The number of carbonyl (C=O) groups is 1. The number of carbonyl (C=O) groups excluding carboxylic acids is 1. The lowest BCUT2D eigenvalue weighted by atomic mass is 10.0. The Bertz CT molecular complexity index is 585. The van der Waals surface area contributed by atoms with Crippen molar-refractivity contribution >= 4 is 21.4 Å². The van der Waals surface area contributed by atoms with Gasteiger partial charge in [-0.05, 0) is 30.4 Å². The van der Waals surface area contributed by atoms with Crippen LogP contribution in [-0.4, -0.2) is 25.8 Å². The third kappa shape index (κ3) is 3.20. The molecule has 1 unspecified atom stereocenters. The van der Waals surface area contributed by atoms with Crippen LogP contribution >= 0.6 is 0 Å². The Morgan fingerprint density at radius 3 is 2.30 bits per heavy atom. The summed E-state index contributed by atoms with van der Waals surface area (Å²) in [6.07, 6.45) is 2.11. The molecule has 4 nitrogen and oxygen atoms in total. The van der Waals surface area contributed by atoms with Crippen LogP contribution in [-0.2, 0) is 27.5 Å². The van der Waals surface area contributed by atoms with Gasteiger partial charge in [0.1, 0.15) is 0 Å². The second kappa shape index (κ2) is 5.95. The van der Waals surface area contributed by atoms with E-state index in [1.54, 1.807) is 0 Å². The Balaban J connectivity index is 2.20. The normalized spacial score (nSPS) is 20.8. The smallest absolute Gasteiger partial charge is 0.228 e. The van der Waals surface area contributed by atoms with Gasteiger partial charge in [0.2, 0.25) is 5.91 Å². The molecular formula is C15H21NO3S. The van der Waals surface area contributed by atoms with Crippen molar-refractivity contribution in [1.82, 2.24) is 0 Å². The molecule has 1 N–H and O–H groups in total. The van der Waals surface area contributed by atoms with E-state index in [1.807, 2.05) is 32.0 Å². The highest BCUT2D eigenvalue weighted by Crippen LogP contribution is 2.25. The first-order valence-corrected chi connectivity index (χ1v) is 8.91. The minimum atomic E-state index is -3.02. The second-order valence-corrected chi connectivity index (χ2v) is 7.48. The van der Waals surface area contributed by atoms with E-state index in [4.69, 9.17) is 0 Å². The molecule has 1 atom stereocenters. The van der Waals surface area contributed by atoms with Gasteiger partial charge in [-0.15, -0.1) is 0 Å². The molecule has 0 radical (unpaired) electrons. The van der Waals surface area contributed by atoms with Crippen LogP contribution in [0.15, 0.2) is 18.2 Å². The number of sulfone groups is 1. The molecule has 1 aliphatic rings. The zero-order chi connectivity index (χ0) is 14.8. The van der Waals surface area contributed by atoms with E-state index >= 15 is 0 Å². The minimum Gasteiger partial charge on any atom is -0.325 e. The van der Waals surface area contributed by atoms with Gasteiger partial charge in [0, 0.05) is 5.69 Å². The zero-order valence-electron chi connectivity index (χ0n) is 12.0. The molecule has 0 saturated carbocycles. The number of amides is 1. The van der Waals surface area contributed by atoms with Gasteiger partial charge < -0.3 is 5.32 Å². The van der Waals surface area contributed by atoms with Gasteiger partial charge in [0.15, 0.2) is 9.84 Å². The summed E-state index contributed by atoms with van der Waals surface area (Å²) in [5.41, 5.74) is 3.06. The summed E-state index contributed by atoms with van der Waals surface area (Å²) < 4.78 is 22.9. The van der Waals surface area contributed by atoms with Crippen molar-refractivity contribution < 1.29 is 13.2 Å². The molecule has 1 saturated heterocycles. The SMILES string of the molecule is CCc1cccc(CC)c1NC(=O)C1CCS(=O)(=O)C1. The fourth-order valence-corrected chi connectivity index (χ4v) is 4.37. The van der Waals surface area contributed by atoms with Gasteiger partial charge >= 0.3 is 0 Å². The van der Waals surface area contributed by atoms with Crippen LogP contribution in [0.2, 0.25) is 0 Å². The number of hydrogen-bond acceptors (Lipinski definition) is 3. The largest absolute Gasteiger partial charge is 0.325 e. The summed E-state index contributed by atoms with van der Waals surface area (Å²) in [6.45, 7) is 4.09. The summed E-state index contributed by atoms with van der Waals surface area (Å²) in [5, 5.41) is 2.96. The average Bonchev–Trinajstić information content (AvgIpc) is 2.79. The molecule has 0 aliphatic carbocycles. The Morgan fingerprint density at radius 1 is 1.25 bits per heavy atom. The van der Waals surface area contributed by atoms with Crippen molar-refractivity contribution in [1.29, 1.82) is 0 Å². The summed E-state index contributed by atoms with van der Waals surface area (Å²) in [6, 6.07) is 5.99. The zero-order valence-corrected chi connectivity index (χ0v) is 12.8. The average molecular weight is 295 g/mol. The number of aryl methyl sites for hydroxylation is 2. The third-order valence-corrected chi connectivity index (χ3v) is 5.62.